The highest BCUT2D eigenvalue weighted by atomic mass is 79.9. The first-order chi connectivity index (χ1) is 9.67. The SMILES string of the molecule is Clc1ccc(Br)cc1NC1=NCC2(CCCCC2)CS1. The number of aliphatic imine (C=N–C) groups is 1. The van der Waals surface area contributed by atoms with Crippen molar-refractivity contribution in [3.8, 4) is 0 Å². The van der Waals surface area contributed by atoms with Crippen LogP contribution in [0.4, 0.5) is 5.69 Å². The zero-order valence-corrected chi connectivity index (χ0v) is 14.5. The summed E-state index contributed by atoms with van der Waals surface area (Å²) >= 11 is 11.5. The van der Waals surface area contributed by atoms with E-state index < -0.39 is 0 Å². The Kier molecular flexibility index (Phi) is 4.63. The van der Waals surface area contributed by atoms with Crippen LogP contribution in [0.15, 0.2) is 27.7 Å². The Labute approximate surface area is 137 Å². The minimum Gasteiger partial charge on any atom is -0.334 e. The molecule has 1 aliphatic carbocycles. The topological polar surface area (TPSA) is 24.4 Å². The van der Waals surface area contributed by atoms with Gasteiger partial charge in [-0.1, -0.05) is 58.6 Å². The van der Waals surface area contributed by atoms with E-state index in [2.05, 4.69) is 21.2 Å². The number of amidine groups is 1. The van der Waals surface area contributed by atoms with E-state index in [1.54, 1.807) is 0 Å². The molecule has 1 heterocycles. The molecule has 108 valence electrons. The smallest absolute Gasteiger partial charge is 0.161 e. The molecule has 1 aliphatic heterocycles. The van der Waals surface area contributed by atoms with E-state index in [4.69, 9.17) is 16.6 Å². The van der Waals surface area contributed by atoms with Crippen LogP contribution in [0.2, 0.25) is 5.02 Å². The highest BCUT2D eigenvalue weighted by molar-refractivity contribution is 9.10. The fraction of sp³-hybridized carbons (Fsp3) is 0.533. The van der Waals surface area contributed by atoms with Crippen molar-refractivity contribution >= 4 is 50.1 Å². The van der Waals surface area contributed by atoms with Gasteiger partial charge < -0.3 is 5.32 Å². The molecule has 5 heteroatoms. The molecule has 0 atom stereocenters. The Morgan fingerprint density at radius 2 is 2.05 bits per heavy atom. The maximum Gasteiger partial charge on any atom is 0.161 e. The predicted octanol–water partition coefficient (Wildman–Crippen LogP) is 5.57. The van der Waals surface area contributed by atoms with Gasteiger partial charge in [-0.15, -0.1) is 0 Å². The average Bonchev–Trinajstić information content (AvgIpc) is 2.47. The third kappa shape index (κ3) is 3.34. The molecular weight excluding hydrogens is 356 g/mol. The molecule has 1 aromatic rings. The van der Waals surface area contributed by atoms with Crippen molar-refractivity contribution in [1.82, 2.24) is 0 Å². The molecule has 0 bridgehead atoms. The Morgan fingerprint density at radius 3 is 2.75 bits per heavy atom. The molecule has 0 saturated heterocycles. The van der Waals surface area contributed by atoms with Gasteiger partial charge in [0.05, 0.1) is 10.7 Å². The summed E-state index contributed by atoms with van der Waals surface area (Å²) in [5.41, 5.74) is 1.39. The summed E-state index contributed by atoms with van der Waals surface area (Å²) in [5, 5.41) is 5.10. The van der Waals surface area contributed by atoms with Crippen LogP contribution in [0.5, 0.6) is 0 Å². The zero-order valence-electron chi connectivity index (χ0n) is 11.3. The first-order valence-corrected chi connectivity index (χ1v) is 9.22. The largest absolute Gasteiger partial charge is 0.334 e. The van der Waals surface area contributed by atoms with E-state index in [9.17, 15) is 0 Å². The molecule has 1 saturated carbocycles. The second-order valence-corrected chi connectivity index (χ2v) is 8.01. The molecule has 20 heavy (non-hydrogen) atoms. The van der Waals surface area contributed by atoms with Crippen LogP contribution < -0.4 is 5.32 Å². The Hall–Kier alpha value is -0.190. The van der Waals surface area contributed by atoms with E-state index in [1.165, 1.54) is 37.9 Å². The van der Waals surface area contributed by atoms with Gasteiger partial charge in [0.15, 0.2) is 5.17 Å². The van der Waals surface area contributed by atoms with Crippen LogP contribution in [0.3, 0.4) is 0 Å². The van der Waals surface area contributed by atoms with E-state index in [0.29, 0.717) is 5.41 Å². The van der Waals surface area contributed by atoms with Gasteiger partial charge in [0.2, 0.25) is 0 Å². The number of anilines is 1. The molecule has 0 aromatic heterocycles. The highest BCUT2D eigenvalue weighted by Crippen LogP contribution is 2.42. The van der Waals surface area contributed by atoms with Crippen LogP contribution in [0.1, 0.15) is 32.1 Å². The number of benzene rings is 1. The highest BCUT2D eigenvalue weighted by Gasteiger charge is 2.34. The van der Waals surface area contributed by atoms with Crippen molar-refractivity contribution in [1.29, 1.82) is 0 Å². The lowest BCUT2D eigenvalue weighted by molar-refractivity contribution is 0.232. The van der Waals surface area contributed by atoms with Gasteiger partial charge in [-0.3, -0.25) is 4.99 Å². The van der Waals surface area contributed by atoms with Crippen LogP contribution in [0, 0.1) is 5.41 Å². The normalized spacial score (nSPS) is 21.6. The number of halogens is 2. The first kappa shape index (κ1) is 14.7. The minimum absolute atomic E-state index is 0.467. The lowest BCUT2D eigenvalue weighted by Gasteiger charge is -2.38. The average molecular weight is 374 g/mol. The van der Waals surface area contributed by atoms with E-state index in [1.807, 2.05) is 30.0 Å². The molecule has 1 spiro atoms. The van der Waals surface area contributed by atoms with Crippen LogP contribution in [0.25, 0.3) is 0 Å². The van der Waals surface area contributed by atoms with E-state index >= 15 is 0 Å². The maximum absolute atomic E-state index is 6.21. The van der Waals surface area contributed by atoms with Crippen molar-refractivity contribution in [3.63, 3.8) is 0 Å². The lowest BCUT2D eigenvalue weighted by atomic mass is 9.75. The fourth-order valence-corrected chi connectivity index (χ4v) is 4.63. The monoisotopic (exact) mass is 372 g/mol. The van der Waals surface area contributed by atoms with Crippen LogP contribution in [-0.4, -0.2) is 17.5 Å². The Balaban J connectivity index is 1.69. The number of hydrogen-bond donors (Lipinski definition) is 1. The van der Waals surface area contributed by atoms with Gasteiger partial charge in [-0.25, -0.2) is 0 Å². The third-order valence-electron chi connectivity index (χ3n) is 4.16. The molecule has 3 rings (SSSR count). The van der Waals surface area contributed by atoms with Crippen LogP contribution in [-0.2, 0) is 0 Å². The first-order valence-electron chi connectivity index (χ1n) is 7.06. The van der Waals surface area contributed by atoms with Gasteiger partial charge in [-0.2, -0.15) is 0 Å². The lowest BCUT2D eigenvalue weighted by Crippen LogP contribution is -2.35. The predicted molar refractivity (Wildman–Crippen MR) is 93.1 cm³/mol. The van der Waals surface area contributed by atoms with Crippen molar-refractivity contribution in [3.05, 3.63) is 27.7 Å². The summed E-state index contributed by atoms with van der Waals surface area (Å²) in [6, 6.07) is 5.83. The van der Waals surface area contributed by atoms with Crippen LogP contribution >= 0.6 is 39.3 Å². The summed E-state index contributed by atoms with van der Waals surface area (Å²) in [6.07, 6.45) is 6.82. The molecule has 0 amide bonds. The molecule has 2 aliphatic rings. The minimum atomic E-state index is 0.467. The van der Waals surface area contributed by atoms with E-state index in [-0.39, 0.29) is 0 Å². The number of rotatable bonds is 1. The second kappa shape index (κ2) is 6.29. The van der Waals surface area contributed by atoms with Gasteiger partial charge in [-0.05, 0) is 36.5 Å². The molecule has 1 N–H and O–H groups in total. The standard InChI is InChI=1S/C15H18BrClN2S/c16-11-4-5-12(17)13(8-11)19-14-18-9-15(10-20-14)6-2-1-3-7-15/h4-5,8H,1-3,6-7,9-10H2,(H,18,19). The molecule has 2 nitrogen and oxygen atoms in total. The van der Waals surface area contributed by atoms with Gasteiger partial charge in [0.25, 0.3) is 0 Å². The number of hydrogen-bond acceptors (Lipinski definition) is 3. The number of nitrogens with zero attached hydrogens (tertiary/aromatic N) is 1. The van der Waals surface area contributed by atoms with Crippen molar-refractivity contribution in [2.24, 2.45) is 10.4 Å². The summed E-state index contributed by atoms with van der Waals surface area (Å²) in [5.74, 6) is 1.18. The molecule has 0 radical (unpaired) electrons. The quantitative estimate of drug-likeness (QED) is 0.696. The summed E-state index contributed by atoms with van der Waals surface area (Å²) in [6.45, 7) is 0.966. The van der Waals surface area contributed by atoms with Gasteiger partial charge in [0, 0.05) is 16.8 Å². The zero-order chi connectivity index (χ0) is 14.0. The van der Waals surface area contributed by atoms with Crippen molar-refractivity contribution in [2.75, 3.05) is 17.6 Å². The molecule has 0 unspecified atom stereocenters. The van der Waals surface area contributed by atoms with Gasteiger partial charge >= 0.3 is 0 Å². The van der Waals surface area contributed by atoms with Gasteiger partial charge in [0.1, 0.15) is 0 Å². The molecule has 1 fully saturated rings. The number of nitrogens with one attached hydrogen (secondary N) is 1. The summed E-state index contributed by atoms with van der Waals surface area (Å²) in [7, 11) is 0. The van der Waals surface area contributed by atoms with Crippen molar-refractivity contribution in [2.45, 2.75) is 32.1 Å². The summed E-state index contributed by atoms with van der Waals surface area (Å²) < 4.78 is 1.02. The fourth-order valence-electron chi connectivity index (χ4n) is 2.94. The van der Waals surface area contributed by atoms with E-state index in [0.717, 1.165) is 26.9 Å². The number of thioether (sulfide) groups is 1. The molecular formula is C15H18BrClN2S. The maximum atomic E-state index is 6.21. The second-order valence-electron chi connectivity index (χ2n) is 5.72. The Bertz CT molecular complexity index is 527. The summed E-state index contributed by atoms with van der Waals surface area (Å²) in [4.78, 5) is 4.77. The Morgan fingerprint density at radius 1 is 1.25 bits per heavy atom. The van der Waals surface area contributed by atoms with Crippen molar-refractivity contribution < 1.29 is 0 Å². The molecule has 1 aromatic carbocycles. The third-order valence-corrected chi connectivity index (χ3v) is 6.24.